The molecule has 4 rings (SSSR count). The lowest BCUT2D eigenvalue weighted by Crippen LogP contribution is -2.34. The molecule has 0 spiro atoms. The van der Waals surface area contributed by atoms with Crippen molar-refractivity contribution in [2.45, 2.75) is 45.6 Å². The van der Waals surface area contributed by atoms with Gasteiger partial charge in [-0.1, -0.05) is 66.6 Å². The van der Waals surface area contributed by atoms with E-state index in [1.807, 2.05) is 65.2 Å². The van der Waals surface area contributed by atoms with Crippen LogP contribution in [0.5, 0.6) is 0 Å². The van der Waals surface area contributed by atoms with E-state index < -0.39 is 0 Å². The van der Waals surface area contributed by atoms with Crippen molar-refractivity contribution >= 4 is 11.8 Å². The molecule has 172 valence electrons. The van der Waals surface area contributed by atoms with E-state index in [1.54, 1.807) is 0 Å². The van der Waals surface area contributed by atoms with Gasteiger partial charge in [-0.3, -0.25) is 14.3 Å². The summed E-state index contributed by atoms with van der Waals surface area (Å²) in [6.07, 6.45) is 6.39. The summed E-state index contributed by atoms with van der Waals surface area (Å²) in [5, 5.41) is 7.79. The summed E-state index contributed by atoms with van der Waals surface area (Å²) in [7, 11) is 0. The minimum atomic E-state index is -0.132. The fourth-order valence-electron chi connectivity index (χ4n) is 4.21. The molecule has 0 unspecified atom stereocenters. The van der Waals surface area contributed by atoms with Gasteiger partial charge in [-0.25, -0.2) is 0 Å². The Morgan fingerprint density at radius 2 is 1.82 bits per heavy atom. The van der Waals surface area contributed by atoms with E-state index in [4.69, 9.17) is 5.10 Å². The van der Waals surface area contributed by atoms with Crippen LogP contribution in [0.3, 0.4) is 0 Å². The number of hydrogen-bond donors (Lipinski definition) is 1. The number of carbonyl (C=O) groups excluding carboxylic acids is 2. The van der Waals surface area contributed by atoms with Crippen molar-refractivity contribution in [3.63, 3.8) is 0 Å². The van der Waals surface area contributed by atoms with Crippen molar-refractivity contribution in [3.05, 3.63) is 77.5 Å². The average molecular weight is 445 g/mol. The number of nitrogens with one attached hydrogen (secondary N) is 1. The fourth-order valence-corrected chi connectivity index (χ4v) is 4.21. The van der Waals surface area contributed by atoms with Crippen molar-refractivity contribution in [1.29, 1.82) is 0 Å². The zero-order valence-electron chi connectivity index (χ0n) is 19.3. The van der Waals surface area contributed by atoms with E-state index in [0.29, 0.717) is 37.3 Å². The Morgan fingerprint density at radius 1 is 1.03 bits per heavy atom. The van der Waals surface area contributed by atoms with Gasteiger partial charge in [-0.15, -0.1) is 0 Å². The molecule has 1 aliphatic heterocycles. The van der Waals surface area contributed by atoms with Gasteiger partial charge in [0, 0.05) is 37.8 Å². The van der Waals surface area contributed by atoms with Crippen molar-refractivity contribution in [2.24, 2.45) is 0 Å². The summed E-state index contributed by atoms with van der Waals surface area (Å²) in [4.78, 5) is 27.2. The maximum Gasteiger partial charge on any atom is 0.255 e. The normalized spacial score (nSPS) is 14.2. The molecule has 0 saturated carbocycles. The molecular weight excluding hydrogens is 412 g/mol. The van der Waals surface area contributed by atoms with Gasteiger partial charge in [-0.2, -0.15) is 5.10 Å². The summed E-state index contributed by atoms with van der Waals surface area (Å²) in [6, 6.07) is 18.2. The van der Waals surface area contributed by atoms with Gasteiger partial charge in [0.25, 0.3) is 5.91 Å². The molecule has 1 fully saturated rings. The van der Waals surface area contributed by atoms with Crippen molar-refractivity contribution in [1.82, 2.24) is 20.0 Å². The third kappa shape index (κ3) is 6.09. The molecule has 0 atom stereocenters. The van der Waals surface area contributed by atoms with Gasteiger partial charge in [0.15, 0.2) is 0 Å². The Balaban J connectivity index is 1.44. The van der Waals surface area contributed by atoms with Crippen LogP contribution in [0.15, 0.2) is 60.8 Å². The Bertz CT molecular complexity index is 1070. The van der Waals surface area contributed by atoms with E-state index >= 15 is 0 Å². The molecule has 1 saturated heterocycles. The van der Waals surface area contributed by atoms with E-state index in [-0.39, 0.29) is 11.8 Å². The highest BCUT2D eigenvalue weighted by Gasteiger charge is 2.19. The molecule has 33 heavy (non-hydrogen) atoms. The summed E-state index contributed by atoms with van der Waals surface area (Å²) < 4.78 is 1.83. The first-order valence-corrected chi connectivity index (χ1v) is 11.8. The highest BCUT2D eigenvalue weighted by Crippen LogP contribution is 2.23. The highest BCUT2D eigenvalue weighted by molar-refractivity contribution is 5.99. The first-order chi connectivity index (χ1) is 16.1. The maximum absolute atomic E-state index is 13.1. The number of aromatic nitrogens is 2. The summed E-state index contributed by atoms with van der Waals surface area (Å²) >= 11 is 0. The molecule has 2 aromatic carbocycles. The van der Waals surface area contributed by atoms with Crippen LogP contribution >= 0.6 is 0 Å². The maximum atomic E-state index is 13.1. The molecule has 6 nitrogen and oxygen atoms in total. The molecule has 1 aliphatic rings. The lowest BCUT2D eigenvalue weighted by molar-refractivity contribution is -0.130. The lowest BCUT2D eigenvalue weighted by Gasteiger charge is -2.20. The topological polar surface area (TPSA) is 67.2 Å². The van der Waals surface area contributed by atoms with Crippen molar-refractivity contribution in [2.75, 3.05) is 19.6 Å². The van der Waals surface area contributed by atoms with Crippen LogP contribution in [-0.4, -0.2) is 46.1 Å². The Hall–Kier alpha value is -3.41. The molecule has 1 N–H and O–H groups in total. The predicted octanol–water partition coefficient (Wildman–Crippen LogP) is 4.43. The van der Waals surface area contributed by atoms with Crippen LogP contribution in [0.25, 0.3) is 11.3 Å². The van der Waals surface area contributed by atoms with Crippen LogP contribution in [-0.2, 0) is 11.3 Å². The second-order valence-corrected chi connectivity index (χ2v) is 8.74. The number of aryl methyl sites for hydroxylation is 1. The monoisotopic (exact) mass is 444 g/mol. The first kappa shape index (κ1) is 22.8. The second kappa shape index (κ2) is 10.9. The number of carbonyl (C=O) groups is 2. The van der Waals surface area contributed by atoms with Crippen molar-refractivity contribution in [3.8, 4) is 11.3 Å². The van der Waals surface area contributed by atoms with E-state index in [1.165, 1.54) is 0 Å². The fraction of sp³-hybridized carbons (Fsp3) is 0.370. The number of rotatable bonds is 8. The number of likely N-dealkylation sites (tertiary alicyclic amines) is 1. The molecule has 3 aromatic rings. The van der Waals surface area contributed by atoms with Crippen LogP contribution in [0.4, 0.5) is 0 Å². The molecule has 2 amide bonds. The Morgan fingerprint density at radius 3 is 2.61 bits per heavy atom. The van der Waals surface area contributed by atoms with Gasteiger partial charge < -0.3 is 10.2 Å². The lowest BCUT2D eigenvalue weighted by atomic mass is 10.1. The largest absolute Gasteiger partial charge is 0.352 e. The van der Waals surface area contributed by atoms with E-state index in [9.17, 15) is 9.59 Å². The molecule has 1 aromatic heterocycles. The third-order valence-electron chi connectivity index (χ3n) is 6.08. The van der Waals surface area contributed by atoms with E-state index in [2.05, 4.69) is 17.4 Å². The van der Waals surface area contributed by atoms with Gasteiger partial charge in [-0.05, 0) is 31.7 Å². The van der Waals surface area contributed by atoms with Gasteiger partial charge in [0.05, 0.1) is 12.1 Å². The zero-order valence-corrected chi connectivity index (χ0v) is 19.3. The molecule has 6 heteroatoms. The Kier molecular flexibility index (Phi) is 7.55. The van der Waals surface area contributed by atoms with Crippen molar-refractivity contribution < 1.29 is 9.59 Å². The number of hydrogen-bond acceptors (Lipinski definition) is 3. The second-order valence-electron chi connectivity index (χ2n) is 8.74. The molecule has 0 bridgehead atoms. The number of nitrogens with zero attached hydrogens (tertiary/aromatic N) is 3. The van der Waals surface area contributed by atoms with Gasteiger partial charge in [0.1, 0.15) is 5.69 Å². The van der Waals surface area contributed by atoms with Crippen LogP contribution < -0.4 is 5.32 Å². The van der Waals surface area contributed by atoms with Crippen LogP contribution in [0.1, 0.15) is 53.6 Å². The van der Waals surface area contributed by atoms with Gasteiger partial charge in [0.2, 0.25) is 5.91 Å². The summed E-state index contributed by atoms with van der Waals surface area (Å²) in [6.45, 7) is 4.69. The molecular formula is C27H32N4O2. The minimum Gasteiger partial charge on any atom is -0.352 e. The van der Waals surface area contributed by atoms with E-state index in [0.717, 1.165) is 48.9 Å². The minimum absolute atomic E-state index is 0.132. The van der Waals surface area contributed by atoms with Crippen LogP contribution in [0.2, 0.25) is 0 Å². The predicted molar refractivity (Wildman–Crippen MR) is 130 cm³/mol. The molecule has 0 radical (unpaired) electrons. The SMILES string of the molecule is Cc1ccc(-c2nn(Cc3ccccc3)cc2C(=O)NCCCN2CCCCCC2=O)cc1. The summed E-state index contributed by atoms with van der Waals surface area (Å²) in [5.41, 5.74) is 4.47. The highest BCUT2D eigenvalue weighted by atomic mass is 16.2. The summed E-state index contributed by atoms with van der Waals surface area (Å²) in [5.74, 6) is 0.106. The van der Waals surface area contributed by atoms with Crippen LogP contribution in [0, 0.1) is 6.92 Å². The van der Waals surface area contributed by atoms with Gasteiger partial charge >= 0.3 is 0 Å². The zero-order chi connectivity index (χ0) is 23.0. The molecule has 2 heterocycles. The smallest absolute Gasteiger partial charge is 0.255 e. The Labute approximate surface area is 195 Å². The first-order valence-electron chi connectivity index (χ1n) is 11.8. The number of benzene rings is 2. The number of amides is 2. The third-order valence-corrected chi connectivity index (χ3v) is 6.08. The average Bonchev–Trinajstić information content (AvgIpc) is 3.13. The quantitative estimate of drug-likeness (QED) is 0.523. The molecule has 0 aliphatic carbocycles. The standard InChI is InChI=1S/C27H32N4O2/c1-21-12-14-23(15-13-21)26-24(20-31(29-26)19-22-9-4-2-5-10-22)27(33)28-16-8-18-30-17-7-3-6-11-25(30)32/h2,4-5,9-10,12-15,20H,3,6-8,11,16-19H2,1H3,(H,28,33).